The van der Waals surface area contributed by atoms with Gasteiger partial charge in [-0.1, -0.05) is 24.3 Å². The molecule has 0 saturated carbocycles. The molecule has 13 heavy (non-hydrogen) atoms. The van der Waals surface area contributed by atoms with E-state index in [0.29, 0.717) is 5.75 Å². The van der Waals surface area contributed by atoms with Gasteiger partial charge in [-0.3, -0.25) is 0 Å². The summed E-state index contributed by atoms with van der Waals surface area (Å²) < 4.78 is 0. The van der Waals surface area contributed by atoms with Gasteiger partial charge < -0.3 is 5.11 Å². The Labute approximate surface area is 81.3 Å². The van der Waals surface area contributed by atoms with Crippen molar-refractivity contribution in [2.24, 2.45) is 0 Å². The van der Waals surface area contributed by atoms with E-state index < -0.39 is 5.97 Å². The number of hydrogen-bond donors (Lipinski definition) is 1. The van der Waals surface area contributed by atoms with Crippen LogP contribution in [-0.2, 0) is 4.79 Å². The van der Waals surface area contributed by atoms with Crippen LogP contribution in [0.3, 0.4) is 0 Å². The van der Waals surface area contributed by atoms with Crippen molar-refractivity contribution in [1.29, 1.82) is 0 Å². The summed E-state index contributed by atoms with van der Waals surface area (Å²) in [4.78, 5) is 11.3. The van der Waals surface area contributed by atoms with Crippen LogP contribution in [-0.4, -0.2) is 16.8 Å². The molecule has 1 aromatic carbocycles. The lowest BCUT2D eigenvalue weighted by Crippen LogP contribution is -1.86. The van der Waals surface area contributed by atoms with Crippen molar-refractivity contribution >= 4 is 17.7 Å². The van der Waals surface area contributed by atoms with E-state index in [1.54, 1.807) is 17.8 Å². The highest BCUT2D eigenvalue weighted by atomic mass is 32.2. The van der Waals surface area contributed by atoms with Crippen LogP contribution >= 0.6 is 11.8 Å². The molecule has 0 aliphatic carbocycles. The molecule has 0 aliphatic rings. The molecule has 1 aromatic rings. The zero-order valence-corrected chi connectivity index (χ0v) is 7.83. The molecule has 3 heteroatoms. The van der Waals surface area contributed by atoms with Gasteiger partial charge in [0.15, 0.2) is 0 Å². The van der Waals surface area contributed by atoms with Crippen LogP contribution in [0.5, 0.6) is 0 Å². The van der Waals surface area contributed by atoms with E-state index >= 15 is 0 Å². The van der Waals surface area contributed by atoms with Gasteiger partial charge in [0.25, 0.3) is 0 Å². The van der Waals surface area contributed by atoms with Gasteiger partial charge in [0.1, 0.15) is 0 Å². The quantitative estimate of drug-likeness (QED) is 0.590. The van der Waals surface area contributed by atoms with Gasteiger partial charge in [0, 0.05) is 16.7 Å². The molecule has 1 N–H and O–H groups in total. The number of rotatable bonds is 4. The number of carboxylic acids is 1. The summed E-state index contributed by atoms with van der Waals surface area (Å²) in [6.45, 7) is 0. The third kappa shape index (κ3) is 4.38. The average Bonchev–Trinajstić information content (AvgIpc) is 2.14. The molecule has 68 valence electrons. The second-order valence-corrected chi connectivity index (χ2v) is 3.46. The second kappa shape index (κ2) is 5.43. The third-order valence-electron chi connectivity index (χ3n) is 1.35. The van der Waals surface area contributed by atoms with Gasteiger partial charge in [-0.25, -0.2) is 4.79 Å². The fraction of sp³-hybridized carbons (Fsp3) is 0.100. The Bertz CT molecular complexity index is 293. The van der Waals surface area contributed by atoms with Crippen molar-refractivity contribution in [3.05, 3.63) is 42.5 Å². The first-order valence-electron chi connectivity index (χ1n) is 3.86. The van der Waals surface area contributed by atoms with Gasteiger partial charge in [-0.2, -0.15) is 0 Å². The molecule has 0 aliphatic heterocycles. The Morgan fingerprint density at radius 1 is 1.38 bits per heavy atom. The Hall–Kier alpha value is -1.22. The minimum atomic E-state index is -0.895. The van der Waals surface area contributed by atoms with Crippen LogP contribution in [0.1, 0.15) is 0 Å². The topological polar surface area (TPSA) is 37.3 Å². The molecule has 0 amide bonds. The van der Waals surface area contributed by atoms with E-state index in [1.165, 1.54) is 0 Å². The van der Waals surface area contributed by atoms with Crippen LogP contribution in [0.2, 0.25) is 0 Å². The van der Waals surface area contributed by atoms with Crippen molar-refractivity contribution in [3.63, 3.8) is 0 Å². The normalized spacial score (nSPS) is 10.5. The lowest BCUT2D eigenvalue weighted by atomic mass is 10.4. The van der Waals surface area contributed by atoms with Gasteiger partial charge in [-0.05, 0) is 12.1 Å². The number of carboxylic acid groups (broad SMARTS) is 1. The monoisotopic (exact) mass is 194 g/mol. The van der Waals surface area contributed by atoms with Gasteiger partial charge in [0.2, 0.25) is 0 Å². The minimum absolute atomic E-state index is 0.691. The minimum Gasteiger partial charge on any atom is -0.478 e. The molecule has 0 saturated heterocycles. The van der Waals surface area contributed by atoms with Crippen molar-refractivity contribution in [2.75, 3.05) is 5.75 Å². The largest absolute Gasteiger partial charge is 0.478 e. The molecule has 0 bridgehead atoms. The van der Waals surface area contributed by atoms with Crippen LogP contribution < -0.4 is 0 Å². The highest BCUT2D eigenvalue weighted by Gasteiger charge is 1.89. The molecule has 0 atom stereocenters. The SMILES string of the molecule is O=C(O)/C=C\CSc1ccccc1. The van der Waals surface area contributed by atoms with Crippen molar-refractivity contribution in [2.45, 2.75) is 4.90 Å². The van der Waals surface area contributed by atoms with Gasteiger partial charge >= 0.3 is 5.97 Å². The Morgan fingerprint density at radius 3 is 2.69 bits per heavy atom. The molecule has 0 radical (unpaired) electrons. The molecular formula is C10H10O2S. The van der Waals surface area contributed by atoms with Crippen LogP contribution in [0.4, 0.5) is 0 Å². The van der Waals surface area contributed by atoms with E-state index in [4.69, 9.17) is 5.11 Å². The van der Waals surface area contributed by atoms with E-state index in [9.17, 15) is 4.79 Å². The first-order valence-corrected chi connectivity index (χ1v) is 4.85. The predicted octanol–water partition coefficient (Wildman–Crippen LogP) is 2.42. The van der Waals surface area contributed by atoms with Crippen LogP contribution in [0.15, 0.2) is 47.4 Å². The maximum Gasteiger partial charge on any atom is 0.328 e. The molecule has 0 heterocycles. The van der Waals surface area contributed by atoms with E-state index in [1.807, 2.05) is 30.3 Å². The number of thioether (sulfide) groups is 1. The molecule has 0 unspecified atom stereocenters. The Kier molecular flexibility index (Phi) is 4.12. The zero-order valence-electron chi connectivity index (χ0n) is 7.01. The summed E-state index contributed by atoms with van der Waals surface area (Å²) in [5, 5.41) is 8.31. The number of benzene rings is 1. The molecule has 0 aromatic heterocycles. The number of carbonyl (C=O) groups is 1. The van der Waals surface area contributed by atoms with Crippen LogP contribution in [0.25, 0.3) is 0 Å². The Morgan fingerprint density at radius 2 is 2.08 bits per heavy atom. The first-order chi connectivity index (χ1) is 6.29. The number of hydrogen-bond acceptors (Lipinski definition) is 2. The van der Waals surface area contributed by atoms with E-state index in [2.05, 4.69) is 0 Å². The highest BCUT2D eigenvalue weighted by Crippen LogP contribution is 2.16. The summed E-state index contributed by atoms with van der Waals surface area (Å²) in [7, 11) is 0. The summed E-state index contributed by atoms with van der Waals surface area (Å²) in [5.74, 6) is -0.204. The second-order valence-electron chi connectivity index (χ2n) is 2.36. The molecule has 0 spiro atoms. The van der Waals surface area contributed by atoms with Crippen LogP contribution in [0, 0.1) is 0 Å². The maximum absolute atomic E-state index is 10.1. The number of aliphatic carboxylic acids is 1. The fourth-order valence-corrected chi connectivity index (χ4v) is 1.54. The fourth-order valence-electron chi connectivity index (χ4n) is 0.810. The summed E-state index contributed by atoms with van der Waals surface area (Å²) >= 11 is 1.61. The summed E-state index contributed by atoms with van der Waals surface area (Å²) in [5.41, 5.74) is 0. The lowest BCUT2D eigenvalue weighted by molar-refractivity contribution is -0.131. The van der Waals surface area contributed by atoms with Crippen molar-refractivity contribution in [3.8, 4) is 0 Å². The summed E-state index contributed by atoms with van der Waals surface area (Å²) in [6.07, 6.45) is 2.80. The smallest absolute Gasteiger partial charge is 0.328 e. The van der Waals surface area contributed by atoms with Crippen molar-refractivity contribution in [1.82, 2.24) is 0 Å². The standard InChI is InChI=1S/C10H10O2S/c11-10(12)7-4-8-13-9-5-2-1-3-6-9/h1-7H,8H2,(H,11,12)/b7-4-. The van der Waals surface area contributed by atoms with E-state index in [0.717, 1.165) is 11.0 Å². The zero-order chi connectivity index (χ0) is 9.52. The summed E-state index contributed by atoms with van der Waals surface area (Å²) in [6, 6.07) is 9.88. The molecule has 1 rings (SSSR count). The third-order valence-corrected chi connectivity index (χ3v) is 2.31. The van der Waals surface area contributed by atoms with Gasteiger partial charge in [0.05, 0.1) is 0 Å². The van der Waals surface area contributed by atoms with Crippen molar-refractivity contribution < 1.29 is 9.90 Å². The average molecular weight is 194 g/mol. The molecule has 0 fully saturated rings. The molecule has 2 nitrogen and oxygen atoms in total. The maximum atomic E-state index is 10.1. The highest BCUT2D eigenvalue weighted by molar-refractivity contribution is 7.99. The van der Waals surface area contributed by atoms with Gasteiger partial charge in [-0.15, -0.1) is 11.8 Å². The first kappa shape index (κ1) is 9.86. The lowest BCUT2D eigenvalue weighted by Gasteiger charge is -1.95. The van der Waals surface area contributed by atoms with E-state index in [-0.39, 0.29) is 0 Å². The molecular weight excluding hydrogens is 184 g/mol. The predicted molar refractivity (Wildman–Crippen MR) is 53.9 cm³/mol. The Balaban J connectivity index is 2.32.